The second kappa shape index (κ2) is 14.1. The Morgan fingerprint density at radius 2 is 2.00 bits per heavy atom. The van der Waals surface area contributed by atoms with Gasteiger partial charge in [0.05, 0.1) is 6.61 Å². The molecule has 1 aromatic rings. The van der Waals surface area contributed by atoms with E-state index in [9.17, 15) is 4.79 Å². The number of rotatable bonds is 9. The molecule has 0 aliphatic carbocycles. The number of nitrogens with one attached hydrogen (secondary N) is 2. The first-order valence-corrected chi connectivity index (χ1v) is 9.01. The first-order chi connectivity index (χ1) is 11.6. The van der Waals surface area contributed by atoms with Gasteiger partial charge in [-0.05, 0) is 70.9 Å². The van der Waals surface area contributed by atoms with Crippen LogP contribution in [0.5, 0.6) is 5.75 Å². The second-order valence-electron chi connectivity index (χ2n) is 6.81. The summed E-state index contributed by atoms with van der Waals surface area (Å²) in [6.45, 7) is 3.86. The van der Waals surface area contributed by atoms with Crippen molar-refractivity contribution in [3.8, 4) is 5.75 Å². The zero-order valence-corrected chi connectivity index (χ0v) is 17.5. The minimum absolute atomic E-state index is 0. The van der Waals surface area contributed by atoms with Crippen molar-refractivity contribution >= 4 is 36.4 Å². The van der Waals surface area contributed by atoms with E-state index < -0.39 is 0 Å². The first-order valence-electron chi connectivity index (χ1n) is 9.01. The average molecular weight is 406 g/mol. The molecule has 0 bridgehead atoms. The van der Waals surface area contributed by atoms with Crippen molar-refractivity contribution in [1.82, 2.24) is 10.2 Å². The predicted octanol–water partition coefficient (Wildman–Crippen LogP) is 3.58. The number of anilines is 1. The highest BCUT2D eigenvalue weighted by molar-refractivity contribution is 5.90. The van der Waals surface area contributed by atoms with Gasteiger partial charge in [0.1, 0.15) is 5.75 Å². The number of ether oxygens (including phenoxy) is 1. The SMILES string of the molecule is CN(C)CCCOc1cccc(NC(=O)CCC2CCNCC2)c1.Cl.Cl. The number of carbonyl (C=O) groups excluding carboxylic acids is 1. The van der Waals surface area contributed by atoms with E-state index in [1.807, 2.05) is 24.3 Å². The van der Waals surface area contributed by atoms with E-state index in [-0.39, 0.29) is 30.7 Å². The minimum atomic E-state index is 0. The van der Waals surface area contributed by atoms with Crippen LogP contribution in [-0.2, 0) is 4.79 Å². The Balaban J connectivity index is 0.00000312. The summed E-state index contributed by atoms with van der Waals surface area (Å²) in [4.78, 5) is 14.3. The Bertz CT molecular complexity index is 509. The van der Waals surface area contributed by atoms with Crippen LogP contribution in [0.3, 0.4) is 0 Å². The molecule has 1 aliphatic rings. The Morgan fingerprint density at radius 1 is 1.27 bits per heavy atom. The van der Waals surface area contributed by atoms with Crippen LogP contribution in [0.15, 0.2) is 24.3 Å². The fraction of sp³-hybridized carbons (Fsp3) is 0.632. The van der Waals surface area contributed by atoms with Gasteiger partial charge in [-0.15, -0.1) is 24.8 Å². The normalized spacial score (nSPS) is 14.3. The van der Waals surface area contributed by atoms with E-state index in [4.69, 9.17) is 4.74 Å². The molecule has 1 fully saturated rings. The lowest BCUT2D eigenvalue weighted by Crippen LogP contribution is -2.28. The number of nitrogens with zero attached hydrogens (tertiary/aromatic N) is 1. The molecule has 1 saturated heterocycles. The molecule has 1 aromatic carbocycles. The Morgan fingerprint density at radius 3 is 2.69 bits per heavy atom. The third-order valence-corrected chi connectivity index (χ3v) is 4.37. The summed E-state index contributed by atoms with van der Waals surface area (Å²) < 4.78 is 5.75. The van der Waals surface area contributed by atoms with Gasteiger partial charge in [0.15, 0.2) is 0 Å². The standard InChI is InChI=1S/C19H31N3O2.2ClH/c1-22(2)13-4-14-24-18-6-3-5-17(15-18)21-19(23)8-7-16-9-11-20-12-10-16;;/h3,5-6,15-16,20H,4,7-14H2,1-2H3,(H,21,23);2*1H. The number of hydrogen-bond donors (Lipinski definition) is 2. The highest BCUT2D eigenvalue weighted by atomic mass is 35.5. The summed E-state index contributed by atoms with van der Waals surface area (Å²) in [6.07, 6.45) is 4.93. The largest absolute Gasteiger partial charge is 0.493 e. The maximum Gasteiger partial charge on any atom is 0.224 e. The number of hydrogen-bond acceptors (Lipinski definition) is 4. The summed E-state index contributed by atoms with van der Waals surface area (Å²) in [7, 11) is 4.11. The van der Waals surface area contributed by atoms with Gasteiger partial charge in [0.2, 0.25) is 5.91 Å². The van der Waals surface area contributed by atoms with E-state index in [2.05, 4.69) is 29.6 Å². The Kier molecular flexibility index (Phi) is 13.6. The summed E-state index contributed by atoms with van der Waals surface area (Å²) in [6, 6.07) is 7.66. The van der Waals surface area contributed by atoms with E-state index in [1.54, 1.807) is 0 Å². The van der Waals surface area contributed by atoms with E-state index in [0.717, 1.165) is 43.9 Å². The Labute approximate surface area is 170 Å². The van der Waals surface area contributed by atoms with Crippen LogP contribution < -0.4 is 15.4 Å². The second-order valence-corrected chi connectivity index (χ2v) is 6.81. The van der Waals surface area contributed by atoms with Crippen molar-refractivity contribution in [1.29, 1.82) is 0 Å². The van der Waals surface area contributed by atoms with Gasteiger partial charge in [-0.3, -0.25) is 4.79 Å². The topological polar surface area (TPSA) is 53.6 Å². The van der Waals surface area contributed by atoms with Gasteiger partial charge in [-0.1, -0.05) is 6.07 Å². The minimum Gasteiger partial charge on any atom is -0.493 e. The predicted molar refractivity (Wildman–Crippen MR) is 113 cm³/mol. The molecular weight excluding hydrogens is 373 g/mol. The zero-order valence-electron chi connectivity index (χ0n) is 15.8. The van der Waals surface area contributed by atoms with Gasteiger partial charge in [-0.25, -0.2) is 0 Å². The molecule has 7 heteroatoms. The molecule has 5 nitrogen and oxygen atoms in total. The van der Waals surface area contributed by atoms with Crippen LogP contribution in [0.1, 0.15) is 32.1 Å². The number of benzene rings is 1. The molecule has 1 heterocycles. The van der Waals surface area contributed by atoms with E-state index in [1.165, 1.54) is 12.8 Å². The summed E-state index contributed by atoms with van der Waals surface area (Å²) in [5.41, 5.74) is 0.815. The molecule has 2 N–H and O–H groups in total. The molecule has 1 aliphatic heterocycles. The van der Waals surface area contributed by atoms with Gasteiger partial charge < -0.3 is 20.3 Å². The molecule has 1 amide bonds. The van der Waals surface area contributed by atoms with Crippen LogP contribution in [-0.4, -0.2) is 51.1 Å². The third-order valence-electron chi connectivity index (χ3n) is 4.37. The lowest BCUT2D eigenvalue weighted by Gasteiger charge is -2.22. The molecular formula is C19H33Cl2N3O2. The van der Waals surface area contributed by atoms with Gasteiger partial charge in [0.25, 0.3) is 0 Å². The highest BCUT2D eigenvalue weighted by Crippen LogP contribution is 2.20. The van der Waals surface area contributed by atoms with Crippen LogP contribution in [0.2, 0.25) is 0 Å². The monoisotopic (exact) mass is 405 g/mol. The summed E-state index contributed by atoms with van der Waals surface area (Å²) in [5, 5.41) is 6.35. The number of piperidine rings is 1. The highest BCUT2D eigenvalue weighted by Gasteiger charge is 2.14. The van der Waals surface area contributed by atoms with E-state index in [0.29, 0.717) is 18.9 Å². The first kappa shape index (κ1) is 25.0. The summed E-state index contributed by atoms with van der Waals surface area (Å²) >= 11 is 0. The molecule has 0 aromatic heterocycles. The third kappa shape index (κ3) is 10.2. The molecule has 0 atom stereocenters. The molecule has 150 valence electrons. The van der Waals surface area contributed by atoms with Crippen LogP contribution >= 0.6 is 24.8 Å². The molecule has 2 rings (SSSR count). The molecule has 26 heavy (non-hydrogen) atoms. The molecule has 0 radical (unpaired) electrons. The van der Waals surface area contributed by atoms with E-state index >= 15 is 0 Å². The van der Waals surface area contributed by atoms with Gasteiger partial charge in [0, 0.05) is 24.7 Å². The van der Waals surface area contributed by atoms with Crippen molar-refractivity contribution in [2.75, 3.05) is 45.7 Å². The number of amides is 1. The van der Waals surface area contributed by atoms with Crippen LogP contribution in [0.4, 0.5) is 5.69 Å². The van der Waals surface area contributed by atoms with Gasteiger partial charge >= 0.3 is 0 Å². The zero-order chi connectivity index (χ0) is 17.2. The van der Waals surface area contributed by atoms with Crippen LogP contribution in [0, 0.1) is 5.92 Å². The lowest BCUT2D eigenvalue weighted by molar-refractivity contribution is -0.116. The van der Waals surface area contributed by atoms with Crippen LogP contribution in [0.25, 0.3) is 0 Å². The maximum atomic E-state index is 12.1. The van der Waals surface area contributed by atoms with Crippen molar-refractivity contribution in [3.63, 3.8) is 0 Å². The fourth-order valence-corrected chi connectivity index (χ4v) is 2.96. The quantitative estimate of drug-likeness (QED) is 0.616. The van der Waals surface area contributed by atoms with Crippen molar-refractivity contribution in [3.05, 3.63) is 24.3 Å². The average Bonchev–Trinajstić information content (AvgIpc) is 2.58. The fourth-order valence-electron chi connectivity index (χ4n) is 2.96. The molecule has 0 saturated carbocycles. The van der Waals surface area contributed by atoms with Crippen molar-refractivity contribution < 1.29 is 9.53 Å². The maximum absolute atomic E-state index is 12.1. The van der Waals surface area contributed by atoms with Crippen molar-refractivity contribution in [2.45, 2.75) is 32.1 Å². The van der Waals surface area contributed by atoms with Gasteiger partial charge in [-0.2, -0.15) is 0 Å². The molecule has 0 unspecified atom stereocenters. The summed E-state index contributed by atoms with van der Waals surface area (Å²) in [5.74, 6) is 1.59. The Hall–Kier alpha value is -1.01. The smallest absolute Gasteiger partial charge is 0.224 e. The lowest BCUT2D eigenvalue weighted by atomic mass is 9.93. The van der Waals surface area contributed by atoms with Crippen molar-refractivity contribution in [2.24, 2.45) is 5.92 Å². The number of halogens is 2. The molecule has 0 spiro atoms. The number of carbonyl (C=O) groups is 1.